The van der Waals surface area contributed by atoms with Gasteiger partial charge in [0.1, 0.15) is 11.4 Å². The third kappa shape index (κ3) is 2.62. The number of hydrogen-bond acceptors (Lipinski definition) is 4. The van der Waals surface area contributed by atoms with E-state index in [0.717, 1.165) is 0 Å². The Morgan fingerprint density at radius 2 is 1.82 bits per heavy atom. The summed E-state index contributed by atoms with van der Waals surface area (Å²) in [5, 5.41) is 2.66. The maximum Gasteiger partial charge on any atom is 0.265 e. The van der Waals surface area contributed by atoms with E-state index < -0.39 is 16.1 Å². The van der Waals surface area contributed by atoms with Gasteiger partial charge in [-0.1, -0.05) is 24.3 Å². The first-order valence-corrected chi connectivity index (χ1v) is 8.14. The van der Waals surface area contributed by atoms with Crippen LogP contribution in [0.2, 0.25) is 0 Å². The van der Waals surface area contributed by atoms with Crippen molar-refractivity contribution in [3.8, 4) is 5.75 Å². The van der Waals surface area contributed by atoms with Crippen LogP contribution in [0.25, 0.3) is 0 Å². The van der Waals surface area contributed by atoms with Crippen LogP contribution in [0.1, 0.15) is 6.92 Å². The molecule has 1 aliphatic heterocycles. The zero-order valence-electron chi connectivity index (χ0n) is 11.7. The Balaban J connectivity index is 1.98. The summed E-state index contributed by atoms with van der Waals surface area (Å²) in [7, 11) is -3.73. The Labute approximate surface area is 128 Å². The molecule has 6 nitrogen and oxygen atoms in total. The minimum absolute atomic E-state index is 0.143. The number of carbonyl (C=O) groups is 1. The summed E-state index contributed by atoms with van der Waals surface area (Å²) in [6.45, 7) is 1.62. The van der Waals surface area contributed by atoms with Crippen molar-refractivity contribution in [2.45, 2.75) is 17.9 Å². The van der Waals surface area contributed by atoms with Crippen molar-refractivity contribution in [3.63, 3.8) is 0 Å². The summed E-state index contributed by atoms with van der Waals surface area (Å²) >= 11 is 0. The average molecular weight is 318 g/mol. The van der Waals surface area contributed by atoms with Crippen LogP contribution in [-0.2, 0) is 14.8 Å². The van der Waals surface area contributed by atoms with Gasteiger partial charge in [-0.2, -0.15) is 0 Å². The molecule has 0 saturated carbocycles. The lowest BCUT2D eigenvalue weighted by molar-refractivity contribution is -0.122. The van der Waals surface area contributed by atoms with Gasteiger partial charge in [-0.3, -0.25) is 9.52 Å². The molecule has 0 spiro atoms. The summed E-state index contributed by atoms with van der Waals surface area (Å²) in [4.78, 5) is 11.9. The van der Waals surface area contributed by atoms with E-state index in [1.165, 1.54) is 12.1 Å². The van der Waals surface area contributed by atoms with Crippen LogP contribution in [0.3, 0.4) is 0 Å². The first kappa shape index (κ1) is 14.4. The molecule has 2 aromatic carbocycles. The highest BCUT2D eigenvalue weighted by Gasteiger charge is 2.27. The van der Waals surface area contributed by atoms with Crippen LogP contribution in [0.15, 0.2) is 53.4 Å². The molecule has 7 heteroatoms. The van der Waals surface area contributed by atoms with Crippen molar-refractivity contribution in [2.75, 3.05) is 10.0 Å². The minimum Gasteiger partial charge on any atom is -0.479 e. The van der Waals surface area contributed by atoms with E-state index in [9.17, 15) is 13.2 Å². The Bertz CT molecular complexity index is 819. The van der Waals surface area contributed by atoms with Gasteiger partial charge >= 0.3 is 0 Å². The van der Waals surface area contributed by atoms with E-state index in [-0.39, 0.29) is 16.5 Å². The van der Waals surface area contributed by atoms with Crippen LogP contribution in [0.4, 0.5) is 11.4 Å². The molecule has 1 aliphatic rings. The predicted octanol–water partition coefficient (Wildman–Crippen LogP) is 2.21. The lowest BCUT2D eigenvalue weighted by Crippen LogP contribution is -2.34. The van der Waals surface area contributed by atoms with Gasteiger partial charge in [-0.25, -0.2) is 8.42 Å². The van der Waals surface area contributed by atoms with Gasteiger partial charge in [0.05, 0.1) is 10.6 Å². The van der Waals surface area contributed by atoms with Crippen LogP contribution < -0.4 is 14.8 Å². The van der Waals surface area contributed by atoms with Crippen molar-refractivity contribution in [2.24, 2.45) is 0 Å². The molecule has 1 heterocycles. The Kier molecular flexibility index (Phi) is 3.50. The van der Waals surface area contributed by atoms with E-state index in [1.54, 1.807) is 43.3 Å². The van der Waals surface area contributed by atoms with E-state index in [4.69, 9.17) is 4.74 Å². The van der Waals surface area contributed by atoms with Crippen molar-refractivity contribution >= 4 is 27.3 Å². The molecule has 1 unspecified atom stereocenters. The van der Waals surface area contributed by atoms with Crippen molar-refractivity contribution in [3.05, 3.63) is 48.5 Å². The second kappa shape index (κ2) is 5.34. The lowest BCUT2D eigenvalue weighted by atomic mass is 10.2. The average Bonchev–Trinajstić information content (AvgIpc) is 2.50. The van der Waals surface area contributed by atoms with E-state index in [0.29, 0.717) is 11.4 Å². The monoisotopic (exact) mass is 318 g/mol. The second-order valence-corrected chi connectivity index (χ2v) is 6.53. The van der Waals surface area contributed by atoms with Crippen molar-refractivity contribution in [1.82, 2.24) is 0 Å². The molecular weight excluding hydrogens is 304 g/mol. The Hall–Kier alpha value is -2.54. The number of benzene rings is 2. The van der Waals surface area contributed by atoms with Crippen LogP contribution >= 0.6 is 0 Å². The molecule has 2 N–H and O–H groups in total. The molecule has 22 heavy (non-hydrogen) atoms. The van der Waals surface area contributed by atoms with Crippen LogP contribution in [0.5, 0.6) is 5.75 Å². The number of sulfonamides is 1. The molecular formula is C15H14N2O4S. The molecule has 0 fully saturated rings. The fourth-order valence-electron chi connectivity index (χ4n) is 2.12. The predicted molar refractivity (Wildman–Crippen MR) is 82.4 cm³/mol. The summed E-state index contributed by atoms with van der Waals surface area (Å²) in [5.41, 5.74) is 0.590. The second-order valence-electron chi connectivity index (χ2n) is 4.85. The zero-order valence-corrected chi connectivity index (χ0v) is 12.6. The van der Waals surface area contributed by atoms with E-state index >= 15 is 0 Å². The number of carbonyl (C=O) groups excluding carboxylic acids is 1. The first-order chi connectivity index (χ1) is 10.5. The standard InChI is InChI=1S/C15H14N2O4S/c1-10-15(18)16-14-12(8-5-9-13(14)21-10)17-22(19,20)11-6-3-2-4-7-11/h2-10,17H,1H3,(H,16,18). The topological polar surface area (TPSA) is 84.5 Å². The van der Waals surface area contributed by atoms with Gasteiger partial charge in [0, 0.05) is 0 Å². The van der Waals surface area contributed by atoms with Crippen molar-refractivity contribution < 1.29 is 17.9 Å². The summed E-state index contributed by atoms with van der Waals surface area (Å²) in [6, 6.07) is 12.9. The molecule has 3 rings (SSSR count). The molecule has 0 radical (unpaired) electrons. The molecule has 2 aromatic rings. The summed E-state index contributed by atoms with van der Waals surface area (Å²) in [6.07, 6.45) is -0.617. The zero-order chi connectivity index (χ0) is 15.7. The molecule has 0 bridgehead atoms. The third-order valence-corrected chi connectivity index (χ3v) is 4.63. The molecule has 0 aliphatic carbocycles. The largest absolute Gasteiger partial charge is 0.479 e. The summed E-state index contributed by atoms with van der Waals surface area (Å²) in [5.74, 6) is 0.110. The smallest absolute Gasteiger partial charge is 0.265 e. The van der Waals surface area contributed by atoms with Gasteiger partial charge in [-0.05, 0) is 31.2 Å². The fraction of sp³-hybridized carbons (Fsp3) is 0.133. The molecule has 114 valence electrons. The van der Waals surface area contributed by atoms with E-state index in [2.05, 4.69) is 10.0 Å². The number of rotatable bonds is 3. The number of fused-ring (bicyclic) bond motifs is 1. The highest BCUT2D eigenvalue weighted by molar-refractivity contribution is 7.92. The van der Waals surface area contributed by atoms with E-state index in [1.807, 2.05) is 0 Å². The number of amides is 1. The quantitative estimate of drug-likeness (QED) is 0.908. The number of anilines is 2. The molecule has 1 atom stereocenters. The highest BCUT2D eigenvalue weighted by atomic mass is 32.2. The SMILES string of the molecule is CC1Oc2cccc(NS(=O)(=O)c3ccccc3)c2NC1=O. The highest BCUT2D eigenvalue weighted by Crippen LogP contribution is 2.37. The number of para-hydroxylation sites is 1. The number of nitrogens with one attached hydrogen (secondary N) is 2. The molecule has 1 amide bonds. The van der Waals surface area contributed by atoms with Crippen LogP contribution in [-0.4, -0.2) is 20.4 Å². The van der Waals surface area contributed by atoms with Crippen LogP contribution in [0, 0.1) is 0 Å². The maximum atomic E-state index is 12.4. The van der Waals surface area contributed by atoms with Gasteiger partial charge in [0.15, 0.2) is 6.10 Å². The Morgan fingerprint density at radius 1 is 1.09 bits per heavy atom. The summed E-state index contributed by atoms with van der Waals surface area (Å²) < 4.78 is 32.7. The maximum absolute atomic E-state index is 12.4. The van der Waals surface area contributed by atoms with Gasteiger partial charge in [-0.15, -0.1) is 0 Å². The molecule has 0 saturated heterocycles. The Morgan fingerprint density at radius 3 is 2.55 bits per heavy atom. The molecule has 0 aromatic heterocycles. The van der Waals surface area contributed by atoms with Gasteiger partial charge in [0.25, 0.3) is 15.9 Å². The number of hydrogen-bond donors (Lipinski definition) is 2. The van der Waals surface area contributed by atoms with Gasteiger partial charge in [0.2, 0.25) is 0 Å². The lowest BCUT2D eigenvalue weighted by Gasteiger charge is -2.25. The van der Waals surface area contributed by atoms with Crippen molar-refractivity contribution in [1.29, 1.82) is 0 Å². The fourth-order valence-corrected chi connectivity index (χ4v) is 3.21. The minimum atomic E-state index is -3.73. The first-order valence-electron chi connectivity index (χ1n) is 6.66. The third-order valence-electron chi connectivity index (χ3n) is 3.25. The van der Waals surface area contributed by atoms with Gasteiger partial charge < -0.3 is 10.1 Å². The normalized spacial score (nSPS) is 17.1. The number of ether oxygens (including phenoxy) is 1.